The molecule has 118 valence electrons. The molecule has 5 heteroatoms. The summed E-state index contributed by atoms with van der Waals surface area (Å²) < 4.78 is 13.7. The van der Waals surface area contributed by atoms with Gasteiger partial charge in [0.2, 0.25) is 0 Å². The Morgan fingerprint density at radius 2 is 1.96 bits per heavy atom. The second kappa shape index (κ2) is 7.04. The second-order valence-electron chi connectivity index (χ2n) is 5.34. The van der Waals surface area contributed by atoms with E-state index < -0.39 is 6.10 Å². The number of nitrogens with one attached hydrogen (secondary N) is 1. The van der Waals surface area contributed by atoms with Gasteiger partial charge >= 0.3 is 0 Å². The van der Waals surface area contributed by atoms with Crippen molar-refractivity contribution in [1.82, 2.24) is 10.3 Å². The van der Waals surface area contributed by atoms with Crippen molar-refractivity contribution in [1.29, 1.82) is 0 Å². The van der Waals surface area contributed by atoms with Gasteiger partial charge in [-0.25, -0.2) is 4.39 Å². The third kappa shape index (κ3) is 3.85. The molecular formula is C18H16ClFN2O. The summed E-state index contributed by atoms with van der Waals surface area (Å²) >= 11 is 5.83. The minimum absolute atomic E-state index is 0.291. The van der Waals surface area contributed by atoms with Gasteiger partial charge in [-0.1, -0.05) is 29.8 Å². The number of hydrogen-bond donors (Lipinski definition) is 2. The van der Waals surface area contributed by atoms with Crippen LogP contribution in [-0.4, -0.2) is 16.6 Å². The maximum atomic E-state index is 13.7. The van der Waals surface area contributed by atoms with Crippen molar-refractivity contribution < 1.29 is 9.50 Å². The van der Waals surface area contributed by atoms with Crippen LogP contribution in [0.25, 0.3) is 10.9 Å². The molecule has 1 atom stereocenters. The predicted octanol–water partition coefficient (Wildman–Crippen LogP) is 3.85. The molecule has 0 bridgehead atoms. The van der Waals surface area contributed by atoms with E-state index in [1.54, 1.807) is 36.5 Å². The molecule has 1 unspecified atom stereocenters. The van der Waals surface area contributed by atoms with Crippen molar-refractivity contribution in [3.8, 4) is 0 Å². The number of aliphatic hydroxyl groups is 1. The summed E-state index contributed by atoms with van der Waals surface area (Å²) in [6.07, 6.45) is 1.03. The molecule has 3 aromatic rings. The highest BCUT2D eigenvalue weighted by atomic mass is 35.5. The van der Waals surface area contributed by atoms with Gasteiger partial charge in [-0.15, -0.1) is 0 Å². The van der Waals surface area contributed by atoms with Gasteiger partial charge in [0, 0.05) is 29.7 Å². The number of nitrogens with zero attached hydrogens (tertiary/aromatic N) is 1. The summed E-state index contributed by atoms with van der Waals surface area (Å²) in [4.78, 5) is 4.30. The number of benzene rings is 2. The molecule has 3 rings (SSSR count). The van der Waals surface area contributed by atoms with Crippen molar-refractivity contribution in [2.45, 2.75) is 12.6 Å². The Morgan fingerprint density at radius 3 is 2.74 bits per heavy atom. The summed E-state index contributed by atoms with van der Waals surface area (Å²) in [5.74, 6) is -0.291. The average Bonchev–Trinajstić information content (AvgIpc) is 2.55. The maximum Gasteiger partial charge on any atom is 0.124 e. The molecule has 0 fully saturated rings. The van der Waals surface area contributed by atoms with Crippen molar-refractivity contribution in [2.75, 3.05) is 6.54 Å². The fourth-order valence-electron chi connectivity index (χ4n) is 2.51. The van der Waals surface area contributed by atoms with E-state index in [4.69, 9.17) is 11.6 Å². The van der Waals surface area contributed by atoms with Gasteiger partial charge in [0.15, 0.2) is 0 Å². The first-order chi connectivity index (χ1) is 11.1. The Bertz CT molecular complexity index is 808. The van der Waals surface area contributed by atoms with Crippen LogP contribution >= 0.6 is 11.6 Å². The Labute approximate surface area is 138 Å². The smallest absolute Gasteiger partial charge is 0.124 e. The van der Waals surface area contributed by atoms with E-state index >= 15 is 0 Å². The first-order valence-corrected chi connectivity index (χ1v) is 7.68. The standard InChI is InChI=1S/C18H16ClFN2O/c19-15-5-3-12(4-6-15)17(23)11-21-10-14-9-16(20)8-13-2-1-7-22-18(13)14/h1-9,17,21,23H,10-11H2. The van der Waals surface area contributed by atoms with Gasteiger partial charge in [0.25, 0.3) is 0 Å². The van der Waals surface area contributed by atoms with Gasteiger partial charge in [-0.05, 0) is 41.5 Å². The zero-order valence-electron chi connectivity index (χ0n) is 12.3. The first-order valence-electron chi connectivity index (χ1n) is 7.31. The number of aromatic nitrogens is 1. The molecule has 2 N–H and O–H groups in total. The molecule has 1 aromatic heterocycles. The van der Waals surface area contributed by atoms with Crippen molar-refractivity contribution in [3.05, 3.63) is 76.7 Å². The molecule has 0 saturated heterocycles. The van der Waals surface area contributed by atoms with E-state index in [9.17, 15) is 9.50 Å². The van der Waals surface area contributed by atoms with Gasteiger partial charge in [-0.3, -0.25) is 4.98 Å². The molecule has 0 aliphatic carbocycles. The van der Waals surface area contributed by atoms with E-state index in [-0.39, 0.29) is 5.82 Å². The number of halogens is 2. The molecule has 0 amide bonds. The Balaban J connectivity index is 1.68. The summed E-state index contributed by atoms with van der Waals surface area (Å²) in [5, 5.41) is 14.7. The van der Waals surface area contributed by atoms with Crippen LogP contribution in [0.2, 0.25) is 5.02 Å². The van der Waals surface area contributed by atoms with Gasteiger partial charge in [0.1, 0.15) is 5.82 Å². The van der Waals surface area contributed by atoms with E-state index in [1.807, 2.05) is 6.07 Å². The summed E-state index contributed by atoms with van der Waals surface area (Å²) in [5.41, 5.74) is 2.32. The third-order valence-electron chi connectivity index (χ3n) is 3.66. The fraction of sp³-hybridized carbons (Fsp3) is 0.167. The molecule has 0 radical (unpaired) electrons. The lowest BCUT2D eigenvalue weighted by Gasteiger charge is -2.13. The Kier molecular flexibility index (Phi) is 4.86. The van der Waals surface area contributed by atoms with Crippen LogP contribution < -0.4 is 5.32 Å². The number of fused-ring (bicyclic) bond motifs is 1. The minimum atomic E-state index is -0.653. The molecule has 0 aliphatic rings. The van der Waals surface area contributed by atoms with Gasteiger partial charge < -0.3 is 10.4 Å². The normalized spacial score (nSPS) is 12.5. The molecule has 2 aromatic carbocycles. The molecule has 0 saturated carbocycles. The van der Waals surface area contributed by atoms with Crippen molar-refractivity contribution in [3.63, 3.8) is 0 Å². The van der Waals surface area contributed by atoms with Crippen molar-refractivity contribution >= 4 is 22.5 Å². The monoisotopic (exact) mass is 330 g/mol. The topological polar surface area (TPSA) is 45.1 Å². The molecule has 1 heterocycles. The molecule has 0 aliphatic heterocycles. The SMILES string of the molecule is OC(CNCc1cc(F)cc2cccnc12)c1ccc(Cl)cc1. The lowest BCUT2D eigenvalue weighted by Crippen LogP contribution is -2.21. The first kappa shape index (κ1) is 15.9. The van der Waals surface area contributed by atoms with Crippen LogP contribution in [0.5, 0.6) is 0 Å². The quantitative estimate of drug-likeness (QED) is 0.747. The highest BCUT2D eigenvalue weighted by Crippen LogP contribution is 2.19. The molecular weight excluding hydrogens is 315 g/mol. The lowest BCUT2D eigenvalue weighted by atomic mass is 10.1. The highest BCUT2D eigenvalue weighted by Gasteiger charge is 2.09. The van der Waals surface area contributed by atoms with E-state index in [0.717, 1.165) is 22.0 Å². The zero-order chi connectivity index (χ0) is 16.2. The highest BCUT2D eigenvalue weighted by molar-refractivity contribution is 6.30. The van der Waals surface area contributed by atoms with Gasteiger partial charge in [0.05, 0.1) is 11.6 Å². The minimum Gasteiger partial charge on any atom is -0.387 e. The number of pyridine rings is 1. The number of hydrogen-bond acceptors (Lipinski definition) is 3. The Hall–Kier alpha value is -2.01. The molecule has 23 heavy (non-hydrogen) atoms. The van der Waals surface area contributed by atoms with Crippen LogP contribution in [0.3, 0.4) is 0 Å². The van der Waals surface area contributed by atoms with Crippen LogP contribution in [0, 0.1) is 5.82 Å². The van der Waals surface area contributed by atoms with E-state index in [0.29, 0.717) is 18.1 Å². The van der Waals surface area contributed by atoms with E-state index in [2.05, 4.69) is 10.3 Å². The second-order valence-corrected chi connectivity index (χ2v) is 5.77. The van der Waals surface area contributed by atoms with E-state index in [1.165, 1.54) is 12.1 Å². The lowest BCUT2D eigenvalue weighted by molar-refractivity contribution is 0.174. The maximum absolute atomic E-state index is 13.7. The summed E-state index contributed by atoms with van der Waals surface area (Å²) in [6, 6.07) is 13.6. The number of rotatable bonds is 5. The van der Waals surface area contributed by atoms with Crippen molar-refractivity contribution in [2.24, 2.45) is 0 Å². The average molecular weight is 331 g/mol. The van der Waals surface area contributed by atoms with Crippen LogP contribution in [0.15, 0.2) is 54.7 Å². The zero-order valence-corrected chi connectivity index (χ0v) is 13.1. The largest absolute Gasteiger partial charge is 0.387 e. The summed E-state index contributed by atoms with van der Waals surface area (Å²) in [6.45, 7) is 0.780. The van der Waals surface area contributed by atoms with Crippen LogP contribution in [0.1, 0.15) is 17.2 Å². The molecule has 3 nitrogen and oxygen atoms in total. The fourth-order valence-corrected chi connectivity index (χ4v) is 2.63. The molecule has 0 spiro atoms. The van der Waals surface area contributed by atoms with Crippen LogP contribution in [0.4, 0.5) is 4.39 Å². The van der Waals surface area contributed by atoms with Gasteiger partial charge in [-0.2, -0.15) is 0 Å². The summed E-state index contributed by atoms with van der Waals surface area (Å²) in [7, 11) is 0. The number of aliphatic hydroxyl groups excluding tert-OH is 1. The Morgan fingerprint density at radius 1 is 1.17 bits per heavy atom. The van der Waals surface area contributed by atoms with Crippen LogP contribution in [-0.2, 0) is 6.54 Å². The predicted molar refractivity (Wildman–Crippen MR) is 89.8 cm³/mol. The third-order valence-corrected chi connectivity index (χ3v) is 3.91.